The fourth-order valence-corrected chi connectivity index (χ4v) is 2.14. The number of benzene rings is 1. The lowest BCUT2D eigenvalue weighted by Gasteiger charge is -2.22. The number of carbonyl (C=O) groups excluding carboxylic acids is 1. The zero-order valence-electron chi connectivity index (χ0n) is 12.5. The molecule has 1 aromatic carbocycles. The zero-order valence-corrected chi connectivity index (χ0v) is 13.3. The quantitative estimate of drug-likeness (QED) is 0.573. The molecular weight excluding hydrogens is 294 g/mol. The number of rotatable bonds is 7. The van der Waals surface area contributed by atoms with Gasteiger partial charge in [0.15, 0.2) is 0 Å². The summed E-state index contributed by atoms with van der Waals surface area (Å²) in [4.78, 5) is 26.4. The number of amides is 1. The van der Waals surface area contributed by atoms with Gasteiger partial charge >= 0.3 is 0 Å². The van der Waals surface area contributed by atoms with Crippen molar-refractivity contribution < 1.29 is 9.72 Å². The van der Waals surface area contributed by atoms with Crippen molar-refractivity contribution in [1.82, 2.24) is 9.80 Å². The lowest BCUT2D eigenvalue weighted by molar-refractivity contribution is -0.384. The van der Waals surface area contributed by atoms with E-state index in [1.807, 2.05) is 25.9 Å². The Hall–Kier alpha value is -1.66. The van der Waals surface area contributed by atoms with E-state index in [9.17, 15) is 14.9 Å². The summed E-state index contributed by atoms with van der Waals surface area (Å²) in [7, 11) is 3.95. The lowest BCUT2D eigenvalue weighted by atomic mass is 10.1. The van der Waals surface area contributed by atoms with E-state index in [1.165, 1.54) is 18.2 Å². The Bertz CT molecular complexity index is 520. The van der Waals surface area contributed by atoms with Crippen LogP contribution in [0.1, 0.15) is 23.7 Å². The first-order valence-electron chi connectivity index (χ1n) is 6.74. The van der Waals surface area contributed by atoms with Crippen molar-refractivity contribution in [1.29, 1.82) is 0 Å². The van der Waals surface area contributed by atoms with E-state index in [0.717, 1.165) is 13.0 Å². The minimum atomic E-state index is -0.582. The number of halogens is 1. The molecule has 0 aliphatic rings. The molecule has 6 nitrogen and oxygen atoms in total. The monoisotopic (exact) mass is 313 g/mol. The number of carbonyl (C=O) groups is 1. The molecule has 1 rings (SSSR count). The highest BCUT2D eigenvalue weighted by Gasteiger charge is 2.19. The highest BCUT2D eigenvalue weighted by molar-refractivity contribution is 6.32. The van der Waals surface area contributed by atoms with Crippen molar-refractivity contribution in [3.8, 4) is 0 Å². The standard InChI is InChI=1S/C14H20ClN3O3/c1-4-17(9-5-8-16(2)3)14(19)11-6-7-12(15)13(10-11)18(20)21/h6-7,10H,4-5,8-9H2,1-3H3. The van der Waals surface area contributed by atoms with Gasteiger partial charge in [-0.1, -0.05) is 11.6 Å². The summed E-state index contributed by atoms with van der Waals surface area (Å²) in [5.41, 5.74) is 0.0460. The third-order valence-corrected chi connectivity index (χ3v) is 3.41. The molecule has 0 aromatic heterocycles. The molecule has 0 aliphatic carbocycles. The fraction of sp³-hybridized carbons (Fsp3) is 0.500. The third kappa shape index (κ3) is 4.99. The molecule has 116 valence electrons. The largest absolute Gasteiger partial charge is 0.339 e. The van der Waals surface area contributed by atoms with E-state index in [0.29, 0.717) is 13.1 Å². The maximum absolute atomic E-state index is 12.4. The van der Waals surface area contributed by atoms with Gasteiger partial charge in [0.25, 0.3) is 11.6 Å². The maximum Gasteiger partial charge on any atom is 0.288 e. The topological polar surface area (TPSA) is 66.7 Å². The second kappa shape index (κ2) is 7.95. The average molecular weight is 314 g/mol. The van der Waals surface area contributed by atoms with Gasteiger partial charge in [-0.2, -0.15) is 0 Å². The summed E-state index contributed by atoms with van der Waals surface area (Å²) >= 11 is 5.76. The SMILES string of the molecule is CCN(CCCN(C)C)C(=O)c1ccc(Cl)c([N+](=O)[O-])c1. The van der Waals surface area contributed by atoms with E-state index in [2.05, 4.69) is 0 Å². The Morgan fingerprint density at radius 2 is 2.00 bits per heavy atom. The first-order chi connectivity index (χ1) is 9.86. The van der Waals surface area contributed by atoms with Crippen LogP contribution in [0.3, 0.4) is 0 Å². The van der Waals surface area contributed by atoms with Crippen LogP contribution in [-0.4, -0.2) is 54.4 Å². The fourth-order valence-electron chi connectivity index (χ4n) is 1.95. The van der Waals surface area contributed by atoms with Gasteiger partial charge in [-0.25, -0.2) is 0 Å². The van der Waals surface area contributed by atoms with Crippen LogP contribution >= 0.6 is 11.6 Å². The van der Waals surface area contributed by atoms with Gasteiger partial charge in [0.05, 0.1) is 4.92 Å². The first kappa shape index (κ1) is 17.4. The number of hydrogen-bond donors (Lipinski definition) is 0. The predicted octanol–water partition coefficient (Wildman–Crippen LogP) is 2.66. The molecule has 7 heteroatoms. The van der Waals surface area contributed by atoms with Crippen molar-refractivity contribution in [2.24, 2.45) is 0 Å². The van der Waals surface area contributed by atoms with Crippen molar-refractivity contribution in [3.63, 3.8) is 0 Å². The summed E-state index contributed by atoms with van der Waals surface area (Å²) in [6.07, 6.45) is 0.849. The molecule has 0 radical (unpaired) electrons. The maximum atomic E-state index is 12.4. The molecule has 0 N–H and O–H groups in total. The summed E-state index contributed by atoms with van der Waals surface area (Å²) in [6.45, 7) is 3.94. The predicted molar refractivity (Wildman–Crippen MR) is 82.9 cm³/mol. The normalized spacial score (nSPS) is 10.7. The van der Waals surface area contributed by atoms with Crippen LogP contribution in [0, 0.1) is 10.1 Å². The van der Waals surface area contributed by atoms with Crippen molar-refractivity contribution in [2.45, 2.75) is 13.3 Å². The second-order valence-corrected chi connectivity index (χ2v) is 5.37. The Morgan fingerprint density at radius 1 is 1.33 bits per heavy atom. The Balaban J connectivity index is 2.85. The molecule has 21 heavy (non-hydrogen) atoms. The van der Waals surface area contributed by atoms with Crippen LogP contribution in [-0.2, 0) is 0 Å². The van der Waals surface area contributed by atoms with E-state index in [1.54, 1.807) is 4.90 Å². The summed E-state index contributed by atoms with van der Waals surface area (Å²) < 4.78 is 0. The zero-order chi connectivity index (χ0) is 16.0. The molecule has 0 saturated heterocycles. The van der Waals surface area contributed by atoms with Crippen LogP contribution in [0.25, 0.3) is 0 Å². The summed E-state index contributed by atoms with van der Waals surface area (Å²) in [6, 6.07) is 4.14. The minimum absolute atomic E-state index is 0.0345. The molecule has 1 amide bonds. The van der Waals surface area contributed by atoms with Crippen LogP contribution in [0.5, 0.6) is 0 Å². The Kier molecular flexibility index (Phi) is 6.58. The van der Waals surface area contributed by atoms with Gasteiger partial charge in [-0.05, 0) is 46.1 Å². The van der Waals surface area contributed by atoms with Crippen molar-refractivity contribution in [3.05, 3.63) is 38.9 Å². The highest BCUT2D eigenvalue weighted by atomic mass is 35.5. The molecular formula is C14H20ClN3O3. The molecule has 0 fully saturated rings. The molecule has 0 aliphatic heterocycles. The summed E-state index contributed by atoms with van der Waals surface area (Å²) in [5, 5.41) is 10.9. The van der Waals surface area contributed by atoms with Gasteiger partial charge in [-0.3, -0.25) is 14.9 Å². The minimum Gasteiger partial charge on any atom is -0.339 e. The Labute approximate surface area is 129 Å². The van der Waals surface area contributed by atoms with E-state index < -0.39 is 4.92 Å². The van der Waals surface area contributed by atoms with Gasteiger partial charge in [0.2, 0.25) is 0 Å². The third-order valence-electron chi connectivity index (χ3n) is 3.09. The van der Waals surface area contributed by atoms with Crippen LogP contribution in [0.2, 0.25) is 5.02 Å². The van der Waals surface area contributed by atoms with Crippen molar-refractivity contribution in [2.75, 3.05) is 33.7 Å². The second-order valence-electron chi connectivity index (χ2n) is 4.96. The number of nitrogens with zero attached hydrogens (tertiary/aromatic N) is 3. The summed E-state index contributed by atoms with van der Waals surface area (Å²) in [5.74, 6) is -0.212. The molecule has 0 saturated carbocycles. The molecule has 0 atom stereocenters. The molecule has 1 aromatic rings. The van der Waals surface area contributed by atoms with Gasteiger partial charge < -0.3 is 9.80 Å². The van der Waals surface area contributed by atoms with E-state index in [-0.39, 0.29) is 22.2 Å². The number of hydrogen-bond acceptors (Lipinski definition) is 4. The van der Waals surface area contributed by atoms with Crippen LogP contribution < -0.4 is 0 Å². The van der Waals surface area contributed by atoms with Gasteiger partial charge in [-0.15, -0.1) is 0 Å². The van der Waals surface area contributed by atoms with E-state index in [4.69, 9.17) is 11.6 Å². The van der Waals surface area contributed by atoms with Crippen LogP contribution in [0.15, 0.2) is 18.2 Å². The smallest absolute Gasteiger partial charge is 0.288 e. The molecule has 0 spiro atoms. The van der Waals surface area contributed by atoms with Gasteiger partial charge in [0.1, 0.15) is 5.02 Å². The number of nitro groups is 1. The lowest BCUT2D eigenvalue weighted by Crippen LogP contribution is -2.33. The molecule has 0 unspecified atom stereocenters. The van der Waals surface area contributed by atoms with Crippen LogP contribution in [0.4, 0.5) is 5.69 Å². The van der Waals surface area contributed by atoms with Gasteiger partial charge in [0, 0.05) is 24.7 Å². The average Bonchev–Trinajstić information content (AvgIpc) is 2.43. The number of nitro benzene ring substituents is 1. The van der Waals surface area contributed by atoms with E-state index >= 15 is 0 Å². The first-order valence-corrected chi connectivity index (χ1v) is 7.12. The molecule has 0 bridgehead atoms. The van der Waals surface area contributed by atoms with Crippen molar-refractivity contribution >= 4 is 23.2 Å². The highest BCUT2D eigenvalue weighted by Crippen LogP contribution is 2.25. The molecule has 0 heterocycles. The Morgan fingerprint density at radius 3 is 2.52 bits per heavy atom.